The van der Waals surface area contributed by atoms with Crippen LogP contribution in [-0.4, -0.2) is 25.4 Å². The number of urea groups is 1. The largest absolute Gasteiger partial charge is 0.494 e. The van der Waals surface area contributed by atoms with Crippen LogP contribution in [0.3, 0.4) is 0 Å². The van der Waals surface area contributed by atoms with Crippen LogP contribution in [0.2, 0.25) is 0 Å². The highest BCUT2D eigenvalue weighted by Crippen LogP contribution is 2.17. The fourth-order valence-corrected chi connectivity index (χ4v) is 1.19. The van der Waals surface area contributed by atoms with Crippen molar-refractivity contribution in [1.29, 1.82) is 0 Å². The van der Waals surface area contributed by atoms with Crippen molar-refractivity contribution in [2.45, 2.75) is 13.1 Å². The van der Waals surface area contributed by atoms with Gasteiger partial charge in [0.15, 0.2) is 0 Å². The number of hydrogen-bond donors (Lipinski definition) is 2. The number of benzene rings is 1. The molecule has 0 bridgehead atoms. The Morgan fingerprint density at radius 1 is 1.39 bits per heavy atom. The molecule has 0 atom stereocenters. The van der Waals surface area contributed by atoms with Crippen molar-refractivity contribution in [2.24, 2.45) is 0 Å². The van der Waals surface area contributed by atoms with Crippen molar-refractivity contribution in [3.05, 3.63) is 24.3 Å². The molecule has 2 amide bonds. The highest BCUT2D eigenvalue weighted by atomic mass is 19.4. The van der Waals surface area contributed by atoms with Gasteiger partial charge >= 0.3 is 12.2 Å². The van der Waals surface area contributed by atoms with Crippen LogP contribution in [0.5, 0.6) is 5.75 Å². The molecule has 1 rings (SSSR count). The third-order valence-corrected chi connectivity index (χ3v) is 1.85. The van der Waals surface area contributed by atoms with Crippen molar-refractivity contribution in [1.82, 2.24) is 5.32 Å². The lowest BCUT2D eigenvalue weighted by Gasteiger charge is -2.10. The van der Waals surface area contributed by atoms with Gasteiger partial charge in [0.05, 0.1) is 6.61 Å². The van der Waals surface area contributed by atoms with Gasteiger partial charge in [-0.1, -0.05) is 6.07 Å². The Labute approximate surface area is 102 Å². The first-order valence-electron chi connectivity index (χ1n) is 5.25. The highest BCUT2D eigenvalue weighted by Gasteiger charge is 2.27. The monoisotopic (exact) mass is 262 g/mol. The number of carbonyl (C=O) groups is 1. The number of rotatable bonds is 4. The maximum Gasteiger partial charge on any atom is 0.405 e. The van der Waals surface area contributed by atoms with Crippen molar-refractivity contribution in [3.63, 3.8) is 0 Å². The van der Waals surface area contributed by atoms with Crippen LogP contribution in [0.4, 0.5) is 23.7 Å². The SMILES string of the molecule is CCOc1cccc(NC(=O)NCC(F)(F)F)c1. The van der Waals surface area contributed by atoms with Gasteiger partial charge < -0.3 is 15.4 Å². The molecule has 0 aliphatic carbocycles. The van der Waals surface area contributed by atoms with E-state index in [1.807, 2.05) is 0 Å². The van der Waals surface area contributed by atoms with Gasteiger partial charge in [0.1, 0.15) is 12.3 Å². The van der Waals surface area contributed by atoms with Crippen LogP contribution < -0.4 is 15.4 Å². The van der Waals surface area contributed by atoms with Crippen LogP contribution in [0.1, 0.15) is 6.92 Å². The first kappa shape index (κ1) is 14.1. The van der Waals surface area contributed by atoms with Gasteiger partial charge in [0, 0.05) is 11.8 Å². The summed E-state index contributed by atoms with van der Waals surface area (Å²) in [6.07, 6.45) is -4.43. The van der Waals surface area contributed by atoms with Gasteiger partial charge in [-0.05, 0) is 19.1 Å². The number of nitrogens with one attached hydrogen (secondary N) is 2. The van der Waals surface area contributed by atoms with Gasteiger partial charge in [0.25, 0.3) is 0 Å². The predicted octanol–water partition coefficient (Wildman–Crippen LogP) is 2.77. The zero-order valence-corrected chi connectivity index (χ0v) is 9.67. The van der Waals surface area contributed by atoms with E-state index < -0.39 is 18.8 Å². The molecule has 1 aromatic rings. The Kier molecular flexibility index (Phi) is 4.82. The minimum absolute atomic E-state index is 0.362. The molecule has 2 N–H and O–H groups in total. The number of alkyl halides is 3. The van der Waals surface area contributed by atoms with Crippen molar-refractivity contribution < 1.29 is 22.7 Å². The predicted molar refractivity (Wildman–Crippen MR) is 60.7 cm³/mol. The Morgan fingerprint density at radius 2 is 2.11 bits per heavy atom. The molecule has 18 heavy (non-hydrogen) atoms. The lowest BCUT2D eigenvalue weighted by Crippen LogP contribution is -2.36. The van der Waals surface area contributed by atoms with E-state index >= 15 is 0 Å². The molecule has 100 valence electrons. The van der Waals surface area contributed by atoms with E-state index in [0.29, 0.717) is 18.0 Å². The second kappa shape index (κ2) is 6.13. The maximum absolute atomic E-state index is 11.9. The topological polar surface area (TPSA) is 50.4 Å². The standard InChI is InChI=1S/C11H13F3N2O2/c1-2-18-9-5-3-4-8(6-9)16-10(17)15-7-11(12,13)14/h3-6H,2,7H2,1H3,(H2,15,16,17). The van der Waals surface area contributed by atoms with Gasteiger partial charge in [-0.25, -0.2) is 4.79 Å². The van der Waals surface area contributed by atoms with Gasteiger partial charge in [0.2, 0.25) is 0 Å². The molecule has 0 spiro atoms. The Hall–Kier alpha value is -1.92. The lowest BCUT2D eigenvalue weighted by atomic mass is 10.3. The van der Waals surface area contributed by atoms with Crippen LogP contribution in [-0.2, 0) is 0 Å². The van der Waals surface area contributed by atoms with Crippen LogP contribution >= 0.6 is 0 Å². The summed E-state index contributed by atoms with van der Waals surface area (Å²) in [4.78, 5) is 11.2. The van der Waals surface area contributed by atoms with Crippen LogP contribution in [0, 0.1) is 0 Å². The Bertz CT molecular complexity index is 408. The zero-order valence-electron chi connectivity index (χ0n) is 9.67. The molecule has 0 saturated heterocycles. The van der Waals surface area contributed by atoms with E-state index in [1.54, 1.807) is 30.4 Å². The molecule has 7 heteroatoms. The minimum Gasteiger partial charge on any atom is -0.494 e. The normalized spacial score (nSPS) is 10.9. The maximum atomic E-state index is 11.9. The first-order chi connectivity index (χ1) is 8.40. The molecule has 0 unspecified atom stereocenters. The van der Waals surface area contributed by atoms with Gasteiger partial charge in [-0.3, -0.25) is 0 Å². The smallest absolute Gasteiger partial charge is 0.405 e. The lowest BCUT2D eigenvalue weighted by molar-refractivity contribution is -0.122. The highest BCUT2D eigenvalue weighted by molar-refractivity contribution is 5.89. The number of anilines is 1. The molecule has 0 saturated carbocycles. The summed E-state index contributed by atoms with van der Waals surface area (Å²) in [6, 6.07) is 5.47. The van der Waals surface area contributed by atoms with E-state index in [-0.39, 0.29) is 0 Å². The van der Waals surface area contributed by atoms with E-state index in [4.69, 9.17) is 4.74 Å². The molecule has 0 radical (unpaired) electrons. The summed E-state index contributed by atoms with van der Waals surface area (Å²) in [6.45, 7) is 0.893. The third kappa shape index (κ3) is 5.42. The van der Waals surface area contributed by atoms with Crippen LogP contribution in [0.25, 0.3) is 0 Å². The second-order valence-corrected chi connectivity index (χ2v) is 3.38. The van der Waals surface area contributed by atoms with E-state index in [9.17, 15) is 18.0 Å². The number of hydrogen-bond acceptors (Lipinski definition) is 2. The minimum atomic E-state index is -4.43. The van der Waals surface area contributed by atoms with E-state index in [0.717, 1.165) is 0 Å². The summed E-state index contributed by atoms with van der Waals surface area (Å²) >= 11 is 0. The van der Waals surface area contributed by atoms with Gasteiger partial charge in [-0.2, -0.15) is 13.2 Å². The molecule has 0 heterocycles. The first-order valence-corrected chi connectivity index (χ1v) is 5.25. The van der Waals surface area contributed by atoms with E-state index in [2.05, 4.69) is 5.32 Å². The molecular formula is C11H13F3N2O2. The van der Waals surface area contributed by atoms with Crippen LogP contribution in [0.15, 0.2) is 24.3 Å². The third-order valence-electron chi connectivity index (χ3n) is 1.85. The Morgan fingerprint density at radius 3 is 2.72 bits per heavy atom. The van der Waals surface area contributed by atoms with Crippen molar-refractivity contribution in [2.75, 3.05) is 18.5 Å². The van der Waals surface area contributed by atoms with Crippen molar-refractivity contribution in [3.8, 4) is 5.75 Å². The molecule has 0 aromatic heterocycles. The summed E-state index contributed by atoms with van der Waals surface area (Å²) < 4.78 is 40.8. The number of halogens is 3. The van der Waals surface area contributed by atoms with Gasteiger partial charge in [-0.15, -0.1) is 0 Å². The average Bonchev–Trinajstić information content (AvgIpc) is 2.26. The number of carbonyl (C=O) groups excluding carboxylic acids is 1. The number of amides is 2. The zero-order chi connectivity index (χ0) is 13.6. The average molecular weight is 262 g/mol. The molecule has 0 aliphatic rings. The Balaban J connectivity index is 2.51. The summed E-state index contributed by atoms with van der Waals surface area (Å²) in [5.74, 6) is 0.533. The second-order valence-electron chi connectivity index (χ2n) is 3.38. The number of ether oxygens (including phenoxy) is 1. The fraction of sp³-hybridized carbons (Fsp3) is 0.364. The van der Waals surface area contributed by atoms with Crippen molar-refractivity contribution >= 4 is 11.7 Å². The molecule has 1 aromatic carbocycles. The summed E-state index contributed by atoms with van der Waals surface area (Å²) in [7, 11) is 0. The fourth-order valence-electron chi connectivity index (χ4n) is 1.19. The molecular weight excluding hydrogens is 249 g/mol. The summed E-state index contributed by atoms with van der Waals surface area (Å²) in [5, 5.41) is 3.99. The summed E-state index contributed by atoms with van der Waals surface area (Å²) in [5.41, 5.74) is 0.362. The van der Waals surface area contributed by atoms with E-state index in [1.165, 1.54) is 6.07 Å². The molecule has 0 aliphatic heterocycles. The molecule has 0 fully saturated rings. The quantitative estimate of drug-likeness (QED) is 0.876. The molecule has 4 nitrogen and oxygen atoms in total.